The van der Waals surface area contributed by atoms with E-state index in [1.54, 1.807) is 28.0 Å². The first-order valence-electron chi connectivity index (χ1n) is 8.52. The van der Waals surface area contributed by atoms with Crippen LogP contribution in [0.15, 0.2) is 24.3 Å². The van der Waals surface area contributed by atoms with Crippen LogP contribution in [0.5, 0.6) is 5.75 Å². The topological polar surface area (TPSA) is 91.0 Å². The summed E-state index contributed by atoms with van der Waals surface area (Å²) in [5.41, 5.74) is 2.44. The number of rotatable bonds is 7. The summed E-state index contributed by atoms with van der Waals surface area (Å²) in [5, 5.41) is 3.36. The lowest BCUT2D eigenvalue weighted by Crippen LogP contribution is -2.51. The molecule has 2 atom stereocenters. The van der Waals surface area contributed by atoms with E-state index < -0.39 is 23.4 Å². The highest BCUT2D eigenvalue weighted by molar-refractivity contribution is 6.07. The highest BCUT2D eigenvalue weighted by Gasteiger charge is 2.47. The zero-order valence-corrected chi connectivity index (χ0v) is 15.8. The maximum atomic E-state index is 12.3. The molecule has 1 aliphatic rings. The molecular weight excluding hydrogens is 336 g/mol. The predicted octanol–water partition coefficient (Wildman–Crippen LogP) is 1.44. The molecule has 1 saturated heterocycles. The molecule has 0 spiro atoms. The summed E-state index contributed by atoms with van der Waals surface area (Å²) in [4.78, 5) is 38.4. The first kappa shape index (κ1) is 19.7. The number of urea groups is 1. The summed E-state index contributed by atoms with van der Waals surface area (Å²) in [5.74, 6) is -0.125. The minimum Gasteiger partial charge on any atom is -0.497 e. The van der Waals surface area contributed by atoms with E-state index in [4.69, 9.17) is 4.74 Å². The Balaban J connectivity index is 1.96. The van der Waals surface area contributed by atoms with Crippen molar-refractivity contribution in [3.63, 3.8) is 0 Å². The van der Waals surface area contributed by atoms with Gasteiger partial charge in [0.25, 0.3) is 11.8 Å². The van der Waals surface area contributed by atoms with E-state index in [9.17, 15) is 14.4 Å². The molecular formula is C18H26N4O4. The Morgan fingerprint density at radius 3 is 2.46 bits per heavy atom. The van der Waals surface area contributed by atoms with E-state index in [2.05, 4.69) is 10.7 Å². The molecule has 1 fully saturated rings. The summed E-state index contributed by atoms with van der Waals surface area (Å²) >= 11 is 0. The van der Waals surface area contributed by atoms with Gasteiger partial charge in [-0.25, -0.2) is 4.79 Å². The lowest BCUT2D eigenvalue weighted by atomic mass is 10.00. The van der Waals surface area contributed by atoms with Gasteiger partial charge in [0.05, 0.1) is 13.7 Å². The van der Waals surface area contributed by atoms with Crippen LogP contribution in [-0.2, 0) is 9.59 Å². The van der Waals surface area contributed by atoms with Crippen LogP contribution in [-0.4, -0.2) is 54.0 Å². The Morgan fingerprint density at radius 1 is 1.35 bits per heavy atom. The van der Waals surface area contributed by atoms with Crippen molar-refractivity contribution >= 4 is 17.8 Å². The maximum absolute atomic E-state index is 12.3. The molecule has 2 N–H and O–H groups in total. The molecule has 1 aromatic rings. The predicted molar refractivity (Wildman–Crippen MR) is 96.3 cm³/mol. The number of nitrogens with one attached hydrogen (secondary N) is 2. The number of carbonyl (C=O) groups excluding carboxylic acids is 3. The molecule has 1 aromatic carbocycles. The monoisotopic (exact) mass is 362 g/mol. The van der Waals surface area contributed by atoms with Crippen LogP contribution in [0.4, 0.5) is 4.79 Å². The minimum absolute atomic E-state index is 0.0318. The number of methoxy groups -OCH3 is 1. The smallest absolute Gasteiger partial charge is 0.344 e. The molecule has 8 heteroatoms. The van der Waals surface area contributed by atoms with Crippen LogP contribution in [0.1, 0.15) is 38.8 Å². The van der Waals surface area contributed by atoms with Gasteiger partial charge in [-0.15, -0.1) is 0 Å². The minimum atomic E-state index is -0.980. The van der Waals surface area contributed by atoms with E-state index in [1.807, 2.05) is 36.1 Å². The maximum Gasteiger partial charge on any atom is 0.344 e. The molecule has 0 radical (unpaired) electrons. The second-order valence-electron chi connectivity index (χ2n) is 6.66. The number of benzene rings is 1. The van der Waals surface area contributed by atoms with Gasteiger partial charge >= 0.3 is 6.03 Å². The number of amides is 4. The number of likely N-dealkylation sites (N-methyl/N-ethyl adjacent to an activating group) is 1. The largest absolute Gasteiger partial charge is 0.497 e. The standard InChI is InChI=1S/C18H26N4O4/c1-6-18(3)16(24)22(17(25)19-18)20-15(23)11-21(4)12(2)13-7-9-14(26-5)10-8-13/h7-10,12H,6,11H2,1-5H3,(H,19,25)(H,20,23). The van der Waals surface area contributed by atoms with Crippen LogP contribution in [0.25, 0.3) is 0 Å². The molecule has 0 aliphatic carbocycles. The van der Waals surface area contributed by atoms with E-state index in [-0.39, 0.29) is 12.6 Å². The Morgan fingerprint density at radius 2 is 1.96 bits per heavy atom. The molecule has 26 heavy (non-hydrogen) atoms. The summed E-state index contributed by atoms with van der Waals surface area (Å²) < 4.78 is 5.14. The van der Waals surface area contributed by atoms with Gasteiger partial charge in [0, 0.05) is 6.04 Å². The van der Waals surface area contributed by atoms with Crippen LogP contribution < -0.4 is 15.5 Å². The van der Waals surface area contributed by atoms with Gasteiger partial charge in [-0.2, -0.15) is 5.01 Å². The summed E-state index contributed by atoms with van der Waals surface area (Å²) in [6.45, 7) is 5.44. The first-order chi connectivity index (χ1) is 12.2. The Hall–Kier alpha value is -2.61. The van der Waals surface area contributed by atoms with Crippen LogP contribution in [0.3, 0.4) is 0 Å². The average molecular weight is 362 g/mol. The fourth-order valence-electron chi connectivity index (χ4n) is 2.69. The van der Waals surface area contributed by atoms with Crippen molar-refractivity contribution in [2.24, 2.45) is 0 Å². The van der Waals surface area contributed by atoms with Crippen LogP contribution in [0.2, 0.25) is 0 Å². The van der Waals surface area contributed by atoms with Crippen molar-refractivity contribution in [2.45, 2.75) is 38.8 Å². The lowest BCUT2D eigenvalue weighted by Gasteiger charge is -2.25. The summed E-state index contributed by atoms with van der Waals surface area (Å²) in [6, 6.07) is 6.94. The van der Waals surface area contributed by atoms with Gasteiger partial charge in [0.1, 0.15) is 11.3 Å². The van der Waals surface area contributed by atoms with Gasteiger partial charge in [0.2, 0.25) is 0 Å². The van der Waals surface area contributed by atoms with Crippen molar-refractivity contribution in [3.8, 4) is 5.75 Å². The van der Waals surface area contributed by atoms with E-state index >= 15 is 0 Å². The third-order valence-electron chi connectivity index (χ3n) is 4.86. The summed E-state index contributed by atoms with van der Waals surface area (Å²) in [6.07, 6.45) is 0.443. The molecule has 0 bridgehead atoms. The zero-order chi connectivity index (χ0) is 19.5. The Bertz CT molecular complexity index is 691. The van der Waals surface area contributed by atoms with Gasteiger partial charge in [-0.1, -0.05) is 19.1 Å². The van der Waals surface area contributed by atoms with Gasteiger partial charge < -0.3 is 10.1 Å². The highest BCUT2D eigenvalue weighted by atomic mass is 16.5. The zero-order valence-electron chi connectivity index (χ0n) is 15.8. The number of ether oxygens (including phenoxy) is 1. The van der Waals surface area contributed by atoms with Gasteiger partial charge in [-0.3, -0.25) is 19.9 Å². The highest BCUT2D eigenvalue weighted by Crippen LogP contribution is 2.22. The third-order valence-corrected chi connectivity index (χ3v) is 4.86. The lowest BCUT2D eigenvalue weighted by molar-refractivity contribution is -0.139. The van der Waals surface area contributed by atoms with Crippen molar-refractivity contribution in [1.82, 2.24) is 20.7 Å². The van der Waals surface area contributed by atoms with Crippen molar-refractivity contribution in [1.29, 1.82) is 0 Å². The first-order valence-corrected chi connectivity index (χ1v) is 8.52. The number of carbonyl (C=O) groups is 3. The number of nitrogens with zero attached hydrogens (tertiary/aromatic N) is 2. The number of imide groups is 1. The number of hydrazine groups is 1. The second-order valence-corrected chi connectivity index (χ2v) is 6.66. The van der Waals surface area contributed by atoms with Crippen molar-refractivity contribution in [3.05, 3.63) is 29.8 Å². The SMILES string of the molecule is CCC1(C)NC(=O)N(NC(=O)CN(C)C(C)c2ccc(OC)cc2)C1=O. The Labute approximate surface area is 153 Å². The normalized spacial score (nSPS) is 20.9. The fraction of sp³-hybridized carbons (Fsp3) is 0.500. The second kappa shape index (κ2) is 7.74. The molecule has 2 unspecified atom stereocenters. The number of hydrogen-bond acceptors (Lipinski definition) is 5. The molecule has 1 aliphatic heterocycles. The molecule has 142 valence electrons. The fourth-order valence-corrected chi connectivity index (χ4v) is 2.69. The van der Waals surface area contributed by atoms with Gasteiger partial charge in [-0.05, 0) is 45.0 Å². The molecule has 1 heterocycles. The van der Waals surface area contributed by atoms with Crippen LogP contribution >= 0.6 is 0 Å². The Kier molecular flexibility index (Phi) is 5.86. The average Bonchev–Trinajstić information content (AvgIpc) is 2.84. The van der Waals surface area contributed by atoms with Crippen molar-refractivity contribution in [2.75, 3.05) is 20.7 Å². The quantitative estimate of drug-likeness (QED) is 0.716. The third kappa shape index (κ3) is 3.96. The van der Waals surface area contributed by atoms with E-state index in [1.165, 1.54) is 0 Å². The van der Waals surface area contributed by atoms with E-state index in [0.29, 0.717) is 6.42 Å². The van der Waals surface area contributed by atoms with Gasteiger partial charge in [0.15, 0.2) is 0 Å². The molecule has 0 saturated carbocycles. The number of hydrogen-bond donors (Lipinski definition) is 2. The molecule has 4 amide bonds. The van der Waals surface area contributed by atoms with Crippen LogP contribution in [0, 0.1) is 0 Å². The molecule has 0 aromatic heterocycles. The molecule has 2 rings (SSSR count). The summed E-state index contributed by atoms with van der Waals surface area (Å²) in [7, 11) is 3.41. The van der Waals surface area contributed by atoms with Crippen molar-refractivity contribution < 1.29 is 19.1 Å². The van der Waals surface area contributed by atoms with E-state index in [0.717, 1.165) is 16.3 Å². The molecule has 8 nitrogen and oxygen atoms in total.